The van der Waals surface area contributed by atoms with Crippen molar-refractivity contribution >= 4 is 46.1 Å². The first-order valence-corrected chi connectivity index (χ1v) is 22.0. The molecule has 8 atom stereocenters. The second-order valence-electron chi connectivity index (χ2n) is 18.6. The number of amides is 1. The van der Waals surface area contributed by atoms with Gasteiger partial charge >= 0.3 is 11.9 Å². The summed E-state index contributed by atoms with van der Waals surface area (Å²) in [6, 6.07) is 4.64. The van der Waals surface area contributed by atoms with Crippen LogP contribution in [0.4, 0.5) is 0 Å². The quantitative estimate of drug-likeness (QED) is 0.123. The number of hydrogen-bond acceptors (Lipinski definition) is 11. The Balaban J connectivity index is 1.14. The number of morpholine rings is 1. The molecule has 1 aromatic carbocycles. The van der Waals surface area contributed by atoms with E-state index in [1.54, 1.807) is 12.0 Å². The molecule has 7 rings (SSSR count). The van der Waals surface area contributed by atoms with Crippen LogP contribution in [0.15, 0.2) is 18.2 Å². The number of benzene rings is 1. The fraction of sp³-hybridized carbons (Fsp3) is 0.711. The molecule has 2 aliphatic heterocycles. The van der Waals surface area contributed by atoms with Crippen molar-refractivity contribution in [3.63, 3.8) is 0 Å². The van der Waals surface area contributed by atoms with E-state index in [9.17, 15) is 24.3 Å². The van der Waals surface area contributed by atoms with Crippen molar-refractivity contribution in [3.8, 4) is 11.5 Å². The Kier molecular flexibility index (Phi) is 13.5. The fourth-order valence-electron chi connectivity index (χ4n) is 9.73. The Labute approximate surface area is 352 Å². The molecule has 5 aliphatic rings. The highest BCUT2D eigenvalue weighted by Crippen LogP contribution is 2.58. The largest absolute Gasteiger partial charge is 0.491 e. The Bertz CT molecular complexity index is 1870. The van der Waals surface area contributed by atoms with Crippen LogP contribution in [0.3, 0.4) is 0 Å². The molecule has 324 valence electrons. The molecular weight excluding hydrogens is 778 g/mol. The van der Waals surface area contributed by atoms with Crippen molar-refractivity contribution in [2.24, 2.45) is 34.5 Å². The van der Waals surface area contributed by atoms with Gasteiger partial charge in [0.25, 0.3) is 0 Å². The van der Waals surface area contributed by atoms with Crippen LogP contribution < -0.4 is 9.47 Å². The summed E-state index contributed by atoms with van der Waals surface area (Å²) < 4.78 is 29.6. The Hall–Kier alpha value is -3.52. The highest BCUT2D eigenvalue weighted by atomic mass is 35.5. The summed E-state index contributed by atoms with van der Waals surface area (Å²) in [5, 5.41) is 11.3. The third kappa shape index (κ3) is 10.0. The average Bonchev–Trinajstić information content (AvgIpc) is 4.01. The van der Waals surface area contributed by atoms with E-state index in [0.717, 1.165) is 38.2 Å². The van der Waals surface area contributed by atoms with Gasteiger partial charge in [0.15, 0.2) is 5.78 Å². The molecule has 5 fully saturated rings. The van der Waals surface area contributed by atoms with Gasteiger partial charge in [0.1, 0.15) is 35.3 Å². The van der Waals surface area contributed by atoms with Crippen molar-refractivity contribution in [2.75, 3.05) is 59.7 Å². The van der Waals surface area contributed by atoms with Gasteiger partial charge in [-0.15, -0.1) is 0 Å². The zero-order valence-corrected chi connectivity index (χ0v) is 36.1. The summed E-state index contributed by atoms with van der Waals surface area (Å²) in [5.74, 6) is -0.578. The zero-order valence-electron chi connectivity index (χ0n) is 35.3. The molecule has 3 aliphatic carbocycles. The van der Waals surface area contributed by atoms with Crippen LogP contribution in [-0.2, 0) is 39.8 Å². The number of fused-ring (bicyclic) bond motifs is 2. The van der Waals surface area contributed by atoms with Gasteiger partial charge in [0, 0.05) is 63.3 Å². The number of ketones is 1. The lowest BCUT2D eigenvalue weighted by Gasteiger charge is -2.35. The van der Waals surface area contributed by atoms with E-state index in [1.165, 1.54) is 6.42 Å². The number of nitrogens with zero attached hydrogens (tertiary/aromatic N) is 3. The molecule has 13 nitrogen and oxygen atoms in total. The molecular formula is C45H62ClN3O10. The van der Waals surface area contributed by atoms with E-state index >= 15 is 0 Å². The SMILES string of the molecule is CC[C@@H]1C[C@]1(CC(=O)[C@@H]1C[C@@H](Oc2cc(CCCOC)nc3c(Cl)c(OCCN4CCOCC4)ccc23)CN1C(=O)[C@@H](CC(=O)OC1C[C@@H]2C[C@@H]2C1)C(C)(C)C)C(=O)O. The van der Waals surface area contributed by atoms with Gasteiger partial charge in [-0.2, -0.15) is 0 Å². The maximum absolute atomic E-state index is 14.8. The van der Waals surface area contributed by atoms with Crippen molar-refractivity contribution in [1.29, 1.82) is 0 Å². The number of aryl methyl sites for hydroxylation is 1. The monoisotopic (exact) mass is 839 g/mol. The number of likely N-dealkylation sites (tertiary alicyclic amines) is 1. The Morgan fingerprint density at radius 3 is 2.44 bits per heavy atom. The molecule has 14 heteroatoms. The first kappa shape index (κ1) is 43.6. The number of carbonyl (C=O) groups excluding carboxylic acids is 3. The minimum atomic E-state index is -1.13. The fourth-order valence-corrected chi connectivity index (χ4v) is 9.99. The van der Waals surface area contributed by atoms with Crippen LogP contribution >= 0.6 is 11.6 Å². The van der Waals surface area contributed by atoms with Crippen molar-refractivity contribution in [2.45, 2.75) is 110 Å². The van der Waals surface area contributed by atoms with Crippen molar-refractivity contribution in [1.82, 2.24) is 14.8 Å². The Morgan fingerprint density at radius 2 is 1.78 bits per heavy atom. The van der Waals surface area contributed by atoms with Crippen LogP contribution in [-0.4, -0.2) is 121 Å². The van der Waals surface area contributed by atoms with E-state index in [0.29, 0.717) is 91.4 Å². The predicted octanol–water partition coefficient (Wildman–Crippen LogP) is 6.38. The maximum atomic E-state index is 14.8. The van der Waals surface area contributed by atoms with Crippen molar-refractivity contribution < 1.29 is 48.0 Å². The number of aromatic nitrogens is 1. The number of Topliss-reactive ketones (excluding diaryl/α,β-unsaturated/α-hetero) is 1. The number of carboxylic acid groups (broad SMARTS) is 1. The second kappa shape index (κ2) is 18.2. The minimum Gasteiger partial charge on any atom is -0.491 e. The number of carbonyl (C=O) groups is 4. The molecule has 2 saturated heterocycles. The summed E-state index contributed by atoms with van der Waals surface area (Å²) in [6.07, 6.45) is 4.52. The van der Waals surface area contributed by atoms with E-state index < -0.39 is 40.8 Å². The third-order valence-corrected chi connectivity index (χ3v) is 13.9. The van der Waals surface area contributed by atoms with Gasteiger partial charge in [-0.25, -0.2) is 0 Å². The number of pyridine rings is 1. The zero-order chi connectivity index (χ0) is 42.1. The minimum absolute atomic E-state index is 0.0828. The van der Waals surface area contributed by atoms with Crippen LogP contribution in [0.1, 0.15) is 91.2 Å². The lowest BCUT2D eigenvalue weighted by atomic mass is 9.77. The lowest BCUT2D eigenvalue weighted by molar-refractivity contribution is -0.157. The number of methoxy groups -OCH3 is 1. The van der Waals surface area contributed by atoms with Gasteiger partial charge in [-0.1, -0.05) is 45.7 Å². The van der Waals surface area contributed by atoms with Gasteiger partial charge in [0.05, 0.1) is 49.1 Å². The Morgan fingerprint density at radius 1 is 1.03 bits per heavy atom. The number of ether oxygens (including phenoxy) is 5. The average molecular weight is 840 g/mol. The molecule has 3 heterocycles. The molecule has 59 heavy (non-hydrogen) atoms. The van der Waals surface area contributed by atoms with Gasteiger partial charge in [0.2, 0.25) is 5.91 Å². The van der Waals surface area contributed by atoms with Gasteiger partial charge in [-0.05, 0) is 73.8 Å². The topological polar surface area (TPSA) is 154 Å². The standard InChI is InChI=1S/C45H62ClN3O10/c1-6-29-24-45(29,43(53)54)25-36(50)35-22-32(26-49(35)42(52)34(44(2,3)4)23-39(51)59-31-19-27-18-28(27)20-31)58-38-21-30(8-7-14-55-5)47-41-33(38)9-10-37(40(41)46)57-17-13-48-11-15-56-16-12-48/h9-10,21,27-29,31-32,34-35H,6-8,11-20,22-26H2,1-5H3,(H,53,54)/t27-,28+,29-,31?,32-,34-,35+,45-/m1/s1. The second-order valence-corrected chi connectivity index (χ2v) is 19.0. The number of aliphatic carboxylic acids is 1. The maximum Gasteiger partial charge on any atom is 0.310 e. The predicted molar refractivity (Wildman–Crippen MR) is 221 cm³/mol. The number of halogens is 1. The van der Waals surface area contributed by atoms with E-state index in [-0.39, 0.29) is 49.5 Å². The number of hydrogen-bond donors (Lipinski definition) is 1. The van der Waals surface area contributed by atoms with E-state index in [4.69, 9.17) is 40.3 Å². The summed E-state index contributed by atoms with van der Waals surface area (Å²) in [6.45, 7) is 12.6. The van der Waals surface area contributed by atoms with Crippen LogP contribution in [0, 0.1) is 34.5 Å². The molecule has 0 radical (unpaired) electrons. The molecule has 1 amide bonds. The molecule has 1 unspecified atom stereocenters. The molecule has 0 bridgehead atoms. The molecule has 3 saturated carbocycles. The van der Waals surface area contributed by atoms with Gasteiger partial charge < -0.3 is 33.7 Å². The summed E-state index contributed by atoms with van der Waals surface area (Å²) in [4.78, 5) is 63.8. The summed E-state index contributed by atoms with van der Waals surface area (Å²) in [5.41, 5.74) is -0.507. The highest BCUT2D eigenvalue weighted by molar-refractivity contribution is 6.36. The number of esters is 1. The van der Waals surface area contributed by atoms with Crippen molar-refractivity contribution in [3.05, 3.63) is 28.9 Å². The smallest absolute Gasteiger partial charge is 0.310 e. The van der Waals surface area contributed by atoms with Gasteiger partial charge in [-0.3, -0.25) is 29.1 Å². The highest BCUT2D eigenvalue weighted by Gasteiger charge is 2.61. The molecule has 1 N–H and O–H groups in total. The normalized spacial score (nSPS) is 28.3. The molecule has 1 aromatic heterocycles. The van der Waals surface area contributed by atoms with E-state index in [1.807, 2.05) is 45.9 Å². The molecule has 0 spiro atoms. The van der Waals surface area contributed by atoms with Crippen LogP contribution in [0.5, 0.6) is 11.5 Å². The molecule has 2 aromatic rings. The third-order valence-electron chi connectivity index (χ3n) is 13.5. The summed E-state index contributed by atoms with van der Waals surface area (Å²) in [7, 11) is 1.65. The number of carboxylic acids is 1. The van der Waals surface area contributed by atoms with E-state index in [2.05, 4.69) is 4.90 Å². The first-order chi connectivity index (χ1) is 28.2. The first-order valence-electron chi connectivity index (χ1n) is 21.7. The van der Waals surface area contributed by atoms with Crippen LogP contribution in [0.25, 0.3) is 10.9 Å². The lowest BCUT2D eigenvalue weighted by Crippen LogP contribution is -2.48. The summed E-state index contributed by atoms with van der Waals surface area (Å²) >= 11 is 7.03. The number of rotatable bonds is 19. The van der Waals surface area contributed by atoms with Crippen LogP contribution in [0.2, 0.25) is 5.02 Å².